The van der Waals surface area contributed by atoms with Gasteiger partial charge in [0.2, 0.25) is 0 Å². The van der Waals surface area contributed by atoms with Gasteiger partial charge in [-0.15, -0.1) is 0 Å². The van der Waals surface area contributed by atoms with Crippen LogP contribution >= 0.6 is 0 Å². The van der Waals surface area contributed by atoms with Crippen molar-refractivity contribution in [1.29, 1.82) is 5.26 Å². The van der Waals surface area contributed by atoms with Gasteiger partial charge in [0.15, 0.2) is 0 Å². The third kappa shape index (κ3) is 2.72. The second-order valence-electron chi connectivity index (χ2n) is 5.36. The van der Waals surface area contributed by atoms with Gasteiger partial charge in [-0.25, -0.2) is 0 Å². The van der Waals surface area contributed by atoms with Crippen LogP contribution in [0, 0.1) is 23.2 Å². The molecule has 0 N–H and O–H groups in total. The topological polar surface area (TPSA) is 27.0 Å². The highest BCUT2D eigenvalue weighted by Gasteiger charge is 2.27. The summed E-state index contributed by atoms with van der Waals surface area (Å²) in [5.41, 5.74) is 0. The van der Waals surface area contributed by atoms with Crippen LogP contribution in [0.3, 0.4) is 0 Å². The van der Waals surface area contributed by atoms with Crippen molar-refractivity contribution in [1.82, 2.24) is 4.90 Å². The molecule has 0 amide bonds. The molecular formula is C13H22N2. The van der Waals surface area contributed by atoms with Gasteiger partial charge in [0.1, 0.15) is 0 Å². The Morgan fingerprint density at radius 2 is 1.87 bits per heavy atom. The maximum absolute atomic E-state index is 8.86. The molecule has 2 fully saturated rings. The van der Waals surface area contributed by atoms with E-state index in [1.165, 1.54) is 25.7 Å². The summed E-state index contributed by atoms with van der Waals surface area (Å²) in [5.74, 6) is 1.25. The highest BCUT2D eigenvalue weighted by molar-refractivity contribution is 4.90. The van der Waals surface area contributed by atoms with Gasteiger partial charge in [-0.1, -0.05) is 19.8 Å². The monoisotopic (exact) mass is 206 g/mol. The smallest absolute Gasteiger partial charge is 0.0656 e. The molecule has 0 aromatic heterocycles. The van der Waals surface area contributed by atoms with E-state index in [-0.39, 0.29) is 0 Å². The first-order chi connectivity index (χ1) is 7.29. The van der Waals surface area contributed by atoms with Crippen molar-refractivity contribution in [2.75, 3.05) is 13.1 Å². The van der Waals surface area contributed by atoms with E-state index in [4.69, 9.17) is 5.26 Å². The van der Waals surface area contributed by atoms with Crippen molar-refractivity contribution in [2.24, 2.45) is 11.8 Å². The summed E-state index contributed by atoms with van der Waals surface area (Å²) < 4.78 is 0. The predicted octanol–water partition coefficient (Wildman–Crippen LogP) is 2.80. The number of nitrogens with zero attached hydrogens (tertiary/aromatic N) is 2. The van der Waals surface area contributed by atoms with Gasteiger partial charge < -0.3 is 4.90 Å². The highest BCUT2D eigenvalue weighted by atomic mass is 15.2. The SMILES string of the molecule is CC1CCCC(N2CCC(C#N)CC2)C1. The molecular weight excluding hydrogens is 184 g/mol. The highest BCUT2D eigenvalue weighted by Crippen LogP contribution is 2.29. The number of rotatable bonds is 1. The van der Waals surface area contributed by atoms with Gasteiger partial charge in [-0.05, 0) is 44.7 Å². The summed E-state index contributed by atoms with van der Waals surface area (Å²) in [7, 11) is 0. The minimum atomic E-state index is 0.335. The van der Waals surface area contributed by atoms with Crippen molar-refractivity contribution < 1.29 is 0 Å². The normalized spacial score (nSPS) is 34.9. The van der Waals surface area contributed by atoms with Crippen molar-refractivity contribution >= 4 is 0 Å². The molecule has 15 heavy (non-hydrogen) atoms. The predicted molar refractivity (Wildman–Crippen MR) is 61.3 cm³/mol. The van der Waals surface area contributed by atoms with E-state index in [1.807, 2.05) is 0 Å². The Kier molecular flexibility index (Phi) is 3.64. The van der Waals surface area contributed by atoms with E-state index >= 15 is 0 Å². The molecule has 0 bridgehead atoms. The van der Waals surface area contributed by atoms with Crippen LogP contribution in [0.1, 0.15) is 45.4 Å². The molecule has 2 aliphatic rings. The van der Waals surface area contributed by atoms with Crippen molar-refractivity contribution in [2.45, 2.75) is 51.5 Å². The van der Waals surface area contributed by atoms with E-state index in [0.29, 0.717) is 5.92 Å². The molecule has 0 spiro atoms. The molecule has 2 heteroatoms. The number of nitriles is 1. The number of hydrogen-bond acceptors (Lipinski definition) is 2. The molecule has 0 aromatic rings. The minimum absolute atomic E-state index is 0.335. The number of likely N-dealkylation sites (tertiary alicyclic amines) is 1. The lowest BCUT2D eigenvalue weighted by Gasteiger charge is -2.39. The first-order valence-corrected chi connectivity index (χ1v) is 6.43. The van der Waals surface area contributed by atoms with E-state index in [9.17, 15) is 0 Å². The minimum Gasteiger partial charge on any atom is -0.300 e. The van der Waals surface area contributed by atoms with Crippen molar-refractivity contribution in [3.63, 3.8) is 0 Å². The summed E-state index contributed by atoms with van der Waals surface area (Å²) in [6.45, 7) is 4.71. The van der Waals surface area contributed by atoms with Gasteiger partial charge in [0.05, 0.1) is 6.07 Å². The fraction of sp³-hybridized carbons (Fsp3) is 0.923. The molecule has 0 aromatic carbocycles. The Labute approximate surface area is 93.3 Å². The molecule has 1 saturated heterocycles. The molecule has 1 aliphatic carbocycles. The zero-order chi connectivity index (χ0) is 10.7. The fourth-order valence-corrected chi connectivity index (χ4v) is 3.13. The van der Waals surface area contributed by atoms with Crippen LogP contribution in [0.25, 0.3) is 0 Å². The molecule has 84 valence electrons. The molecule has 2 rings (SSSR count). The lowest BCUT2D eigenvalue weighted by Crippen LogP contribution is -2.43. The molecule has 2 nitrogen and oxygen atoms in total. The average molecular weight is 206 g/mol. The van der Waals surface area contributed by atoms with Gasteiger partial charge in [0.25, 0.3) is 0 Å². The lowest BCUT2D eigenvalue weighted by molar-refractivity contribution is 0.102. The summed E-state index contributed by atoms with van der Waals surface area (Å²) in [6.07, 6.45) is 7.80. The number of hydrogen-bond donors (Lipinski definition) is 0. The number of piperidine rings is 1. The van der Waals surface area contributed by atoms with Crippen LogP contribution in [-0.4, -0.2) is 24.0 Å². The van der Waals surface area contributed by atoms with E-state index in [1.54, 1.807) is 0 Å². The van der Waals surface area contributed by atoms with E-state index in [0.717, 1.165) is 37.9 Å². The molecule has 2 unspecified atom stereocenters. The lowest BCUT2D eigenvalue weighted by atomic mass is 9.85. The van der Waals surface area contributed by atoms with Gasteiger partial charge in [-0.3, -0.25) is 0 Å². The third-order valence-electron chi connectivity index (χ3n) is 4.14. The van der Waals surface area contributed by atoms with E-state index < -0.39 is 0 Å². The van der Waals surface area contributed by atoms with Gasteiger partial charge in [-0.2, -0.15) is 5.26 Å². The zero-order valence-electron chi connectivity index (χ0n) is 9.78. The van der Waals surface area contributed by atoms with E-state index in [2.05, 4.69) is 17.9 Å². The molecule has 2 atom stereocenters. The quantitative estimate of drug-likeness (QED) is 0.659. The third-order valence-corrected chi connectivity index (χ3v) is 4.14. The Morgan fingerprint density at radius 1 is 1.13 bits per heavy atom. The molecule has 1 saturated carbocycles. The molecule has 1 heterocycles. The van der Waals surface area contributed by atoms with Gasteiger partial charge in [0, 0.05) is 12.0 Å². The summed E-state index contributed by atoms with van der Waals surface area (Å²) >= 11 is 0. The summed E-state index contributed by atoms with van der Waals surface area (Å²) in [6, 6.07) is 3.24. The van der Waals surface area contributed by atoms with Crippen LogP contribution in [0.5, 0.6) is 0 Å². The Hall–Kier alpha value is -0.550. The van der Waals surface area contributed by atoms with Gasteiger partial charge >= 0.3 is 0 Å². The summed E-state index contributed by atoms with van der Waals surface area (Å²) in [5, 5.41) is 8.86. The molecule has 1 aliphatic heterocycles. The second kappa shape index (κ2) is 4.99. The zero-order valence-corrected chi connectivity index (χ0v) is 9.78. The Morgan fingerprint density at radius 3 is 2.47 bits per heavy atom. The Balaban J connectivity index is 1.82. The van der Waals surface area contributed by atoms with Crippen LogP contribution < -0.4 is 0 Å². The van der Waals surface area contributed by atoms with Crippen molar-refractivity contribution in [3.05, 3.63) is 0 Å². The maximum Gasteiger partial charge on any atom is 0.0656 e. The standard InChI is InChI=1S/C13H22N2/c1-11-3-2-4-13(9-11)15-7-5-12(10-14)6-8-15/h11-13H,2-9H2,1H3. The first kappa shape index (κ1) is 11.0. The van der Waals surface area contributed by atoms with Crippen LogP contribution in [0.2, 0.25) is 0 Å². The van der Waals surface area contributed by atoms with Crippen molar-refractivity contribution in [3.8, 4) is 6.07 Å². The summed E-state index contributed by atoms with van der Waals surface area (Å²) in [4.78, 5) is 2.64. The largest absolute Gasteiger partial charge is 0.300 e. The van der Waals surface area contributed by atoms with Crippen LogP contribution in [-0.2, 0) is 0 Å². The molecule has 0 radical (unpaired) electrons. The average Bonchev–Trinajstić information content (AvgIpc) is 2.29. The van der Waals surface area contributed by atoms with Crippen LogP contribution in [0.4, 0.5) is 0 Å². The Bertz CT molecular complexity index is 235. The fourth-order valence-electron chi connectivity index (χ4n) is 3.13. The second-order valence-corrected chi connectivity index (χ2v) is 5.36. The van der Waals surface area contributed by atoms with Crippen LogP contribution in [0.15, 0.2) is 0 Å². The first-order valence-electron chi connectivity index (χ1n) is 6.43. The maximum atomic E-state index is 8.86.